The molecule has 94 valence electrons. The molecule has 0 saturated carbocycles. The van der Waals surface area contributed by atoms with Crippen LogP contribution < -0.4 is 10.6 Å². The molecule has 6 nitrogen and oxygen atoms in total. The molecule has 1 saturated heterocycles. The number of urea groups is 1. The van der Waals surface area contributed by atoms with Crippen LogP contribution in [-0.4, -0.2) is 49.8 Å². The fraction of sp³-hybridized carbons (Fsp3) is 0.889. The van der Waals surface area contributed by atoms with Crippen molar-refractivity contribution in [1.29, 1.82) is 0 Å². The predicted octanol–water partition coefficient (Wildman–Crippen LogP) is -0.756. The lowest BCUT2D eigenvalue weighted by atomic mass is 10.2. The lowest BCUT2D eigenvalue weighted by molar-refractivity contribution is 0.187. The molecule has 0 aromatic carbocycles. The van der Waals surface area contributed by atoms with E-state index in [0.29, 0.717) is 12.8 Å². The molecule has 2 amide bonds. The number of sulfone groups is 1. The predicted molar refractivity (Wildman–Crippen MR) is 59.9 cm³/mol. The minimum Gasteiger partial charge on any atom is -0.392 e. The first-order valence-corrected chi connectivity index (χ1v) is 7.04. The Labute approximate surface area is 95.3 Å². The lowest BCUT2D eigenvalue weighted by Gasteiger charge is -2.12. The van der Waals surface area contributed by atoms with E-state index < -0.39 is 27.2 Å². The van der Waals surface area contributed by atoms with Crippen LogP contribution in [0.5, 0.6) is 0 Å². The summed E-state index contributed by atoms with van der Waals surface area (Å²) in [5.41, 5.74) is 0. The second-order valence-electron chi connectivity index (χ2n) is 4.07. The highest BCUT2D eigenvalue weighted by molar-refractivity contribution is 7.92. The van der Waals surface area contributed by atoms with Crippen molar-refractivity contribution in [3.05, 3.63) is 0 Å². The molecule has 3 N–H and O–H groups in total. The average molecular weight is 250 g/mol. The molecule has 0 bridgehead atoms. The molecule has 0 aromatic heterocycles. The maximum atomic E-state index is 11.4. The standard InChI is InChI=1S/C9H18N2O4S/c1-7(12)5-10-9(13)11-6-8-3-2-4-16(8,14)15/h7-8,12H,2-6H2,1H3,(H2,10,11,13). The SMILES string of the molecule is CC(O)CNC(=O)NCC1CCCS1(=O)=O. The normalized spacial score (nSPS) is 25.0. The van der Waals surface area contributed by atoms with Gasteiger partial charge in [0, 0.05) is 13.1 Å². The monoisotopic (exact) mass is 250 g/mol. The Morgan fingerprint density at radius 1 is 1.50 bits per heavy atom. The molecule has 2 atom stereocenters. The molecular weight excluding hydrogens is 232 g/mol. The van der Waals surface area contributed by atoms with Crippen LogP contribution in [0.15, 0.2) is 0 Å². The summed E-state index contributed by atoms with van der Waals surface area (Å²) in [5, 5.41) is 13.4. The number of hydrogen-bond donors (Lipinski definition) is 3. The van der Waals surface area contributed by atoms with Crippen molar-refractivity contribution >= 4 is 15.9 Å². The minimum atomic E-state index is -3.01. The molecule has 1 aliphatic heterocycles. The molecule has 0 radical (unpaired) electrons. The Hall–Kier alpha value is -0.820. The minimum absolute atomic E-state index is 0.147. The van der Waals surface area contributed by atoms with E-state index in [1.54, 1.807) is 6.92 Å². The number of carbonyl (C=O) groups excluding carboxylic acids is 1. The Balaban J connectivity index is 2.27. The van der Waals surface area contributed by atoms with E-state index in [-0.39, 0.29) is 18.8 Å². The fourth-order valence-electron chi connectivity index (χ4n) is 1.60. The van der Waals surface area contributed by atoms with Crippen LogP contribution in [-0.2, 0) is 9.84 Å². The fourth-order valence-corrected chi connectivity index (χ4v) is 3.36. The van der Waals surface area contributed by atoms with Gasteiger partial charge in [0.25, 0.3) is 0 Å². The number of hydrogen-bond acceptors (Lipinski definition) is 4. The summed E-state index contributed by atoms with van der Waals surface area (Å²) in [6.07, 6.45) is 0.671. The van der Waals surface area contributed by atoms with E-state index >= 15 is 0 Å². The number of nitrogens with one attached hydrogen (secondary N) is 2. The molecule has 16 heavy (non-hydrogen) atoms. The van der Waals surface area contributed by atoms with Crippen LogP contribution >= 0.6 is 0 Å². The van der Waals surface area contributed by atoms with Gasteiger partial charge in [-0.3, -0.25) is 0 Å². The Kier molecular flexibility index (Phi) is 4.55. The van der Waals surface area contributed by atoms with E-state index in [9.17, 15) is 13.2 Å². The molecule has 1 aliphatic rings. The smallest absolute Gasteiger partial charge is 0.314 e. The largest absolute Gasteiger partial charge is 0.392 e. The first kappa shape index (κ1) is 13.2. The summed E-state index contributed by atoms with van der Waals surface area (Å²) in [4.78, 5) is 11.2. The van der Waals surface area contributed by atoms with Gasteiger partial charge < -0.3 is 15.7 Å². The van der Waals surface area contributed by atoms with Crippen LogP contribution in [0.3, 0.4) is 0 Å². The Bertz CT molecular complexity index is 339. The first-order chi connectivity index (χ1) is 7.42. The van der Waals surface area contributed by atoms with Gasteiger partial charge in [0.1, 0.15) is 0 Å². The quantitative estimate of drug-likeness (QED) is 0.611. The van der Waals surface area contributed by atoms with Gasteiger partial charge in [-0.15, -0.1) is 0 Å². The number of aliphatic hydroxyl groups is 1. The van der Waals surface area contributed by atoms with Crippen molar-refractivity contribution in [1.82, 2.24) is 10.6 Å². The number of aliphatic hydroxyl groups excluding tert-OH is 1. The topological polar surface area (TPSA) is 95.5 Å². The molecule has 1 rings (SSSR count). The molecule has 1 fully saturated rings. The van der Waals surface area contributed by atoms with Crippen LogP contribution in [0.2, 0.25) is 0 Å². The summed E-state index contributed by atoms with van der Waals surface area (Å²) < 4.78 is 22.9. The van der Waals surface area contributed by atoms with E-state index in [1.165, 1.54) is 0 Å². The Morgan fingerprint density at radius 3 is 2.69 bits per heavy atom. The molecule has 0 aromatic rings. The van der Waals surface area contributed by atoms with Crippen LogP contribution in [0.25, 0.3) is 0 Å². The van der Waals surface area contributed by atoms with Gasteiger partial charge in [-0.2, -0.15) is 0 Å². The van der Waals surface area contributed by atoms with Crippen molar-refractivity contribution in [2.75, 3.05) is 18.8 Å². The van der Waals surface area contributed by atoms with Gasteiger partial charge in [0.2, 0.25) is 0 Å². The van der Waals surface area contributed by atoms with Crippen LogP contribution in [0.1, 0.15) is 19.8 Å². The Morgan fingerprint density at radius 2 is 2.19 bits per heavy atom. The van der Waals surface area contributed by atoms with Crippen LogP contribution in [0.4, 0.5) is 4.79 Å². The third-order valence-electron chi connectivity index (χ3n) is 2.51. The summed E-state index contributed by atoms with van der Waals surface area (Å²) in [6.45, 7) is 1.86. The highest BCUT2D eigenvalue weighted by Gasteiger charge is 2.31. The summed E-state index contributed by atoms with van der Waals surface area (Å²) >= 11 is 0. The number of amides is 2. The first-order valence-electron chi connectivity index (χ1n) is 5.33. The van der Waals surface area contributed by atoms with E-state index in [2.05, 4.69) is 10.6 Å². The van der Waals surface area contributed by atoms with Crippen LogP contribution in [0, 0.1) is 0 Å². The van der Waals surface area contributed by atoms with Gasteiger partial charge in [0.15, 0.2) is 9.84 Å². The highest BCUT2D eigenvalue weighted by Crippen LogP contribution is 2.18. The van der Waals surface area contributed by atoms with E-state index in [1.807, 2.05) is 0 Å². The van der Waals surface area contributed by atoms with E-state index in [4.69, 9.17) is 5.11 Å². The van der Waals surface area contributed by atoms with Gasteiger partial charge >= 0.3 is 6.03 Å². The molecular formula is C9H18N2O4S. The third-order valence-corrected chi connectivity index (χ3v) is 4.79. The summed E-state index contributed by atoms with van der Waals surface area (Å²) in [5.74, 6) is 0.217. The van der Waals surface area contributed by atoms with Gasteiger partial charge in [-0.1, -0.05) is 0 Å². The zero-order valence-electron chi connectivity index (χ0n) is 9.27. The zero-order valence-corrected chi connectivity index (χ0v) is 10.1. The van der Waals surface area contributed by atoms with Crippen molar-refractivity contribution in [3.8, 4) is 0 Å². The maximum Gasteiger partial charge on any atom is 0.314 e. The summed E-state index contributed by atoms with van der Waals surface area (Å²) in [6, 6.07) is -0.442. The average Bonchev–Trinajstić information content (AvgIpc) is 2.51. The van der Waals surface area contributed by atoms with Gasteiger partial charge in [-0.25, -0.2) is 13.2 Å². The third kappa shape index (κ3) is 3.97. The highest BCUT2D eigenvalue weighted by atomic mass is 32.2. The molecule has 7 heteroatoms. The van der Waals surface area contributed by atoms with Crippen molar-refractivity contribution in [2.24, 2.45) is 0 Å². The molecule has 2 unspecified atom stereocenters. The molecule has 0 spiro atoms. The second kappa shape index (κ2) is 5.49. The number of rotatable bonds is 4. The number of carbonyl (C=O) groups is 1. The molecule has 1 heterocycles. The van der Waals surface area contributed by atoms with E-state index in [0.717, 1.165) is 0 Å². The van der Waals surface area contributed by atoms with Crippen molar-refractivity contribution in [2.45, 2.75) is 31.1 Å². The second-order valence-corrected chi connectivity index (χ2v) is 6.47. The van der Waals surface area contributed by atoms with Crippen molar-refractivity contribution in [3.63, 3.8) is 0 Å². The lowest BCUT2D eigenvalue weighted by Crippen LogP contribution is -2.43. The van der Waals surface area contributed by atoms with Gasteiger partial charge in [-0.05, 0) is 19.8 Å². The molecule has 0 aliphatic carbocycles. The zero-order chi connectivity index (χ0) is 12.2. The maximum absolute atomic E-state index is 11.4. The summed E-state index contributed by atoms with van der Waals surface area (Å²) in [7, 11) is -3.01. The van der Waals surface area contributed by atoms with Crippen molar-refractivity contribution < 1.29 is 18.3 Å². The van der Waals surface area contributed by atoms with Gasteiger partial charge in [0.05, 0.1) is 17.1 Å².